The molecule has 8 heteroatoms. The highest BCUT2D eigenvalue weighted by molar-refractivity contribution is 7.89. The quantitative estimate of drug-likeness (QED) is 0.698. The van der Waals surface area contributed by atoms with E-state index in [2.05, 4.69) is 9.84 Å². The maximum Gasteiger partial charge on any atom is 0.309 e. The van der Waals surface area contributed by atoms with Crippen molar-refractivity contribution in [1.82, 2.24) is 14.1 Å². The average molecular weight is 275 g/mol. The first-order chi connectivity index (χ1) is 8.28. The SMILES string of the molecule is COC(=O)C(C)CN(C)S(=O)(=O)c1cnn(C)c1. The maximum absolute atomic E-state index is 12.1. The molecule has 1 aromatic heterocycles. The van der Waals surface area contributed by atoms with Crippen LogP contribution in [0, 0.1) is 5.92 Å². The molecule has 7 nitrogen and oxygen atoms in total. The second-order valence-electron chi connectivity index (χ2n) is 4.06. The first-order valence-corrected chi connectivity index (χ1v) is 6.76. The molecule has 1 unspecified atom stereocenters. The van der Waals surface area contributed by atoms with Crippen molar-refractivity contribution in [3.63, 3.8) is 0 Å². The molecule has 1 aromatic rings. The van der Waals surface area contributed by atoms with Gasteiger partial charge in [-0.15, -0.1) is 0 Å². The number of aromatic nitrogens is 2. The number of methoxy groups -OCH3 is 1. The highest BCUT2D eigenvalue weighted by atomic mass is 32.2. The van der Waals surface area contributed by atoms with Gasteiger partial charge in [0.05, 0.1) is 19.2 Å². The van der Waals surface area contributed by atoms with E-state index < -0.39 is 21.9 Å². The molecule has 0 bridgehead atoms. The molecule has 1 atom stereocenters. The number of rotatable bonds is 5. The van der Waals surface area contributed by atoms with Crippen molar-refractivity contribution in [1.29, 1.82) is 0 Å². The summed E-state index contributed by atoms with van der Waals surface area (Å²) in [4.78, 5) is 11.4. The average Bonchev–Trinajstić information content (AvgIpc) is 2.75. The highest BCUT2D eigenvalue weighted by Gasteiger charge is 2.26. The Kier molecular flexibility index (Phi) is 4.47. The van der Waals surface area contributed by atoms with E-state index in [9.17, 15) is 13.2 Å². The Bertz CT molecular complexity index is 523. The first-order valence-electron chi connectivity index (χ1n) is 5.32. The molecule has 0 fully saturated rings. The largest absolute Gasteiger partial charge is 0.469 e. The summed E-state index contributed by atoms with van der Waals surface area (Å²) in [6.07, 6.45) is 2.68. The molecule has 0 amide bonds. The van der Waals surface area contributed by atoms with E-state index in [-0.39, 0.29) is 11.4 Å². The minimum atomic E-state index is -3.61. The van der Waals surface area contributed by atoms with Crippen LogP contribution in [0.1, 0.15) is 6.92 Å². The molecule has 0 saturated carbocycles. The number of carbonyl (C=O) groups excluding carboxylic acids is 1. The van der Waals surface area contributed by atoms with Gasteiger partial charge in [-0.25, -0.2) is 8.42 Å². The summed E-state index contributed by atoms with van der Waals surface area (Å²) < 4.78 is 31.3. The lowest BCUT2D eigenvalue weighted by Crippen LogP contribution is -2.34. The number of sulfonamides is 1. The van der Waals surface area contributed by atoms with Crippen LogP contribution >= 0.6 is 0 Å². The minimum Gasteiger partial charge on any atom is -0.469 e. The molecule has 0 N–H and O–H groups in total. The number of aryl methyl sites for hydroxylation is 1. The fraction of sp³-hybridized carbons (Fsp3) is 0.600. The van der Waals surface area contributed by atoms with Gasteiger partial charge in [0.25, 0.3) is 0 Å². The standard InChI is InChI=1S/C10H17N3O4S/c1-8(10(14)17-4)6-13(3)18(15,16)9-5-11-12(2)7-9/h5,7-8H,6H2,1-4H3. The van der Waals surface area contributed by atoms with Crippen molar-refractivity contribution in [3.8, 4) is 0 Å². The van der Waals surface area contributed by atoms with Crippen LogP contribution in [0.2, 0.25) is 0 Å². The number of hydrogen-bond acceptors (Lipinski definition) is 5. The smallest absolute Gasteiger partial charge is 0.309 e. The van der Waals surface area contributed by atoms with E-state index in [1.807, 2.05) is 0 Å². The van der Waals surface area contributed by atoms with Gasteiger partial charge in [0.2, 0.25) is 10.0 Å². The van der Waals surface area contributed by atoms with Gasteiger partial charge in [0.1, 0.15) is 4.90 Å². The van der Waals surface area contributed by atoms with Crippen molar-refractivity contribution in [2.24, 2.45) is 13.0 Å². The number of carbonyl (C=O) groups is 1. The third-order valence-corrected chi connectivity index (χ3v) is 4.30. The molecular weight excluding hydrogens is 258 g/mol. The third kappa shape index (κ3) is 3.08. The van der Waals surface area contributed by atoms with Gasteiger partial charge >= 0.3 is 5.97 Å². The Morgan fingerprint density at radius 1 is 1.61 bits per heavy atom. The summed E-state index contributed by atoms with van der Waals surface area (Å²) in [6.45, 7) is 1.67. The van der Waals surface area contributed by atoms with Gasteiger partial charge in [0.15, 0.2) is 0 Å². The van der Waals surface area contributed by atoms with Crippen LogP contribution < -0.4 is 0 Å². The fourth-order valence-electron chi connectivity index (χ4n) is 1.47. The highest BCUT2D eigenvalue weighted by Crippen LogP contribution is 2.14. The predicted molar refractivity (Wildman–Crippen MR) is 64.2 cm³/mol. The minimum absolute atomic E-state index is 0.0594. The molecule has 0 saturated heterocycles. The molecule has 102 valence electrons. The fourth-order valence-corrected chi connectivity index (χ4v) is 2.72. The van der Waals surface area contributed by atoms with Crippen LogP contribution in [-0.2, 0) is 26.6 Å². The lowest BCUT2D eigenvalue weighted by atomic mass is 10.2. The first kappa shape index (κ1) is 14.7. The maximum atomic E-state index is 12.1. The van der Waals surface area contributed by atoms with E-state index in [4.69, 9.17) is 0 Å². The second kappa shape index (κ2) is 5.49. The molecule has 0 aliphatic rings. The monoisotopic (exact) mass is 275 g/mol. The van der Waals surface area contributed by atoms with Crippen LogP contribution in [0.15, 0.2) is 17.3 Å². The second-order valence-corrected chi connectivity index (χ2v) is 6.10. The lowest BCUT2D eigenvalue weighted by molar-refractivity contribution is -0.144. The zero-order valence-corrected chi connectivity index (χ0v) is 11.6. The topological polar surface area (TPSA) is 81.5 Å². The van der Waals surface area contributed by atoms with Gasteiger partial charge in [-0.1, -0.05) is 6.92 Å². The Morgan fingerprint density at radius 3 is 2.67 bits per heavy atom. The molecule has 1 heterocycles. The summed E-state index contributed by atoms with van der Waals surface area (Å²) in [5, 5.41) is 3.81. The van der Waals surface area contributed by atoms with E-state index in [0.29, 0.717) is 0 Å². The van der Waals surface area contributed by atoms with Crippen LogP contribution in [0.4, 0.5) is 0 Å². The summed E-state index contributed by atoms with van der Waals surface area (Å²) in [5.74, 6) is -0.963. The van der Waals surface area contributed by atoms with E-state index >= 15 is 0 Å². The van der Waals surface area contributed by atoms with Crippen molar-refractivity contribution >= 4 is 16.0 Å². The summed E-state index contributed by atoms with van der Waals surface area (Å²) in [6, 6.07) is 0. The Labute approximate surface area is 106 Å². The molecule has 0 aliphatic carbocycles. The molecule has 0 spiro atoms. The van der Waals surface area contributed by atoms with E-state index in [1.54, 1.807) is 14.0 Å². The van der Waals surface area contributed by atoms with E-state index in [0.717, 1.165) is 4.31 Å². The van der Waals surface area contributed by atoms with Crippen molar-refractivity contribution in [3.05, 3.63) is 12.4 Å². The number of esters is 1. The van der Waals surface area contributed by atoms with Crippen LogP contribution in [-0.4, -0.2) is 49.2 Å². The van der Waals surface area contributed by atoms with Gasteiger partial charge in [-0.05, 0) is 0 Å². The Morgan fingerprint density at radius 2 is 2.22 bits per heavy atom. The van der Waals surface area contributed by atoms with Gasteiger partial charge in [0, 0.05) is 26.8 Å². The summed E-state index contributed by atoms with van der Waals surface area (Å²) in [5.41, 5.74) is 0. The predicted octanol–water partition coefficient (Wildman–Crippen LogP) is -0.150. The molecule has 0 aliphatic heterocycles. The van der Waals surface area contributed by atoms with Gasteiger partial charge < -0.3 is 4.74 Å². The number of nitrogens with zero attached hydrogens (tertiary/aromatic N) is 3. The van der Waals surface area contributed by atoms with Crippen LogP contribution in [0.3, 0.4) is 0 Å². The van der Waals surface area contributed by atoms with Crippen LogP contribution in [0.25, 0.3) is 0 Å². The summed E-state index contributed by atoms with van der Waals surface area (Å²) >= 11 is 0. The zero-order chi connectivity index (χ0) is 13.9. The van der Waals surface area contributed by atoms with Gasteiger partial charge in [-0.3, -0.25) is 9.48 Å². The molecular formula is C10H17N3O4S. The van der Waals surface area contributed by atoms with E-state index in [1.165, 1.54) is 31.2 Å². The third-order valence-electron chi connectivity index (χ3n) is 2.52. The summed E-state index contributed by atoms with van der Waals surface area (Å²) in [7, 11) is 0.713. The van der Waals surface area contributed by atoms with Crippen molar-refractivity contribution < 1.29 is 17.9 Å². The molecule has 1 rings (SSSR count). The molecule has 0 aromatic carbocycles. The lowest BCUT2D eigenvalue weighted by Gasteiger charge is -2.19. The molecule has 18 heavy (non-hydrogen) atoms. The Hall–Kier alpha value is -1.41. The normalized spacial score (nSPS) is 13.6. The van der Waals surface area contributed by atoms with Gasteiger partial charge in [-0.2, -0.15) is 9.40 Å². The number of ether oxygens (including phenoxy) is 1. The Balaban J connectivity index is 2.83. The van der Waals surface area contributed by atoms with Crippen molar-refractivity contribution in [2.45, 2.75) is 11.8 Å². The molecule has 0 radical (unpaired) electrons. The van der Waals surface area contributed by atoms with Crippen LogP contribution in [0.5, 0.6) is 0 Å². The zero-order valence-electron chi connectivity index (χ0n) is 10.8. The van der Waals surface area contributed by atoms with Crippen molar-refractivity contribution in [2.75, 3.05) is 20.7 Å². The number of hydrogen-bond donors (Lipinski definition) is 0.